The van der Waals surface area contributed by atoms with Gasteiger partial charge in [-0.3, -0.25) is 4.79 Å². The van der Waals surface area contributed by atoms with Crippen LogP contribution in [0.1, 0.15) is 25.0 Å². The van der Waals surface area contributed by atoms with E-state index in [0.717, 1.165) is 27.8 Å². The Balaban J connectivity index is 2.89. The number of carboxylic acids is 1. The molecule has 1 heterocycles. The topological polar surface area (TPSA) is 51.5 Å². The molecule has 19 heavy (non-hydrogen) atoms. The summed E-state index contributed by atoms with van der Waals surface area (Å²) in [6.07, 6.45) is 1.88. The standard InChI is InChI=1S/C15H19NO3/c1-9-6-7-11(19-5)13-12(9)10(8-16(13)4)15(2,3)14(17)18/h6-8H,1-5H3,(H,17,18). The van der Waals surface area contributed by atoms with Crippen LogP contribution < -0.4 is 4.74 Å². The highest BCUT2D eigenvalue weighted by Gasteiger charge is 2.33. The summed E-state index contributed by atoms with van der Waals surface area (Å²) in [5, 5.41) is 10.4. The minimum atomic E-state index is -0.934. The molecule has 0 atom stereocenters. The molecule has 0 saturated heterocycles. The molecule has 1 aromatic carbocycles. The SMILES string of the molecule is COc1ccc(C)c2c(C(C)(C)C(=O)O)cn(C)c12. The van der Waals surface area contributed by atoms with Gasteiger partial charge in [-0.1, -0.05) is 6.07 Å². The Bertz CT molecular complexity index is 653. The zero-order chi connectivity index (χ0) is 14.4. The maximum Gasteiger partial charge on any atom is 0.313 e. The number of aliphatic carboxylic acids is 1. The van der Waals surface area contributed by atoms with Crippen molar-refractivity contribution in [2.24, 2.45) is 7.05 Å². The molecule has 2 rings (SSSR count). The average Bonchev–Trinajstić information content (AvgIpc) is 2.70. The van der Waals surface area contributed by atoms with Gasteiger partial charge in [-0.25, -0.2) is 0 Å². The number of nitrogens with zero attached hydrogens (tertiary/aromatic N) is 1. The van der Waals surface area contributed by atoms with E-state index in [1.54, 1.807) is 21.0 Å². The molecule has 0 bridgehead atoms. The second-order valence-corrected chi connectivity index (χ2v) is 5.39. The van der Waals surface area contributed by atoms with Crippen LogP contribution >= 0.6 is 0 Å². The molecule has 0 aliphatic heterocycles. The van der Waals surface area contributed by atoms with E-state index in [0.29, 0.717) is 0 Å². The molecule has 0 amide bonds. The fraction of sp³-hybridized carbons (Fsp3) is 0.400. The van der Waals surface area contributed by atoms with E-state index < -0.39 is 11.4 Å². The highest BCUT2D eigenvalue weighted by Crippen LogP contribution is 2.37. The predicted octanol–water partition coefficient (Wildman–Crippen LogP) is 2.86. The molecule has 1 aromatic heterocycles. The first-order chi connectivity index (χ1) is 8.80. The number of carbonyl (C=O) groups is 1. The van der Waals surface area contributed by atoms with Crippen LogP contribution in [-0.2, 0) is 17.3 Å². The van der Waals surface area contributed by atoms with Gasteiger partial charge in [-0.15, -0.1) is 0 Å². The lowest BCUT2D eigenvalue weighted by Crippen LogP contribution is -2.28. The van der Waals surface area contributed by atoms with Gasteiger partial charge in [0.25, 0.3) is 0 Å². The van der Waals surface area contributed by atoms with E-state index in [-0.39, 0.29) is 0 Å². The maximum atomic E-state index is 11.5. The Morgan fingerprint density at radius 2 is 2.00 bits per heavy atom. The third-order valence-electron chi connectivity index (χ3n) is 3.72. The van der Waals surface area contributed by atoms with Crippen molar-refractivity contribution in [3.63, 3.8) is 0 Å². The first-order valence-electron chi connectivity index (χ1n) is 6.17. The quantitative estimate of drug-likeness (QED) is 0.924. The molecular formula is C15H19NO3. The van der Waals surface area contributed by atoms with Crippen LogP contribution in [0.4, 0.5) is 0 Å². The normalized spacial score (nSPS) is 11.8. The average molecular weight is 261 g/mol. The number of carboxylic acid groups (broad SMARTS) is 1. The van der Waals surface area contributed by atoms with Crippen molar-refractivity contribution >= 4 is 16.9 Å². The van der Waals surface area contributed by atoms with Crippen LogP contribution in [0.15, 0.2) is 18.3 Å². The lowest BCUT2D eigenvalue weighted by atomic mass is 9.83. The van der Waals surface area contributed by atoms with E-state index in [2.05, 4.69) is 0 Å². The first kappa shape index (κ1) is 13.5. The van der Waals surface area contributed by atoms with Gasteiger partial charge < -0.3 is 14.4 Å². The molecule has 0 unspecified atom stereocenters. The van der Waals surface area contributed by atoms with E-state index in [1.807, 2.05) is 36.9 Å². The Morgan fingerprint density at radius 3 is 2.53 bits per heavy atom. The summed E-state index contributed by atoms with van der Waals surface area (Å²) in [7, 11) is 3.53. The van der Waals surface area contributed by atoms with Crippen molar-refractivity contribution in [1.29, 1.82) is 0 Å². The summed E-state index contributed by atoms with van der Waals surface area (Å²) in [5.41, 5.74) is 1.87. The monoisotopic (exact) mass is 261 g/mol. The molecular weight excluding hydrogens is 242 g/mol. The molecule has 0 aliphatic rings. The van der Waals surface area contributed by atoms with Gasteiger partial charge in [0.1, 0.15) is 5.75 Å². The predicted molar refractivity (Wildman–Crippen MR) is 74.9 cm³/mol. The van der Waals surface area contributed by atoms with Crippen LogP contribution in [0.3, 0.4) is 0 Å². The number of aromatic nitrogens is 1. The molecule has 0 aliphatic carbocycles. The smallest absolute Gasteiger partial charge is 0.313 e. The van der Waals surface area contributed by atoms with Crippen LogP contribution in [0.2, 0.25) is 0 Å². The van der Waals surface area contributed by atoms with E-state index in [9.17, 15) is 9.90 Å². The number of hydrogen-bond donors (Lipinski definition) is 1. The fourth-order valence-corrected chi connectivity index (χ4v) is 2.44. The van der Waals surface area contributed by atoms with Gasteiger partial charge >= 0.3 is 5.97 Å². The number of benzene rings is 1. The minimum absolute atomic E-state index is 0.760. The van der Waals surface area contributed by atoms with Gasteiger partial charge in [0.2, 0.25) is 0 Å². The number of aryl methyl sites for hydroxylation is 2. The first-order valence-corrected chi connectivity index (χ1v) is 6.17. The third kappa shape index (κ3) is 1.87. The second kappa shape index (κ2) is 4.30. The largest absolute Gasteiger partial charge is 0.495 e. The zero-order valence-corrected chi connectivity index (χ0v) is 11.9. The van der Waals surface area contributed by atoms with Crippen molar-refractivity contribution in [3.05, 3.63) is 29.5 Å². The van der Waals surface area contributed by atoms with E-state index in [4.69, 9.17) is 4.74 Å². The summed E-state index contributed by atoms with van der Waals surface area (Å²) in [6.45, 7) is 5.44. The van der Waals surface area contributed by atoms with Gasteiger partial charge in [0.15, 0.2) is 0 Å². The molecule has 1 N–H and O–H groups in total. The highest BCUT2D eigenvalue weighted by atomic mass is 16.5. The Kier molecular flexibility index (Phi) is 3.04. The fourth-order valence-electron chi connectivity index (χ4n) is 2.44. The summed E-state index contributed by atoms with van der Waals surface area (Å²) in [4.78, 5) is 11.5. The zero-order valence-electron chi connectivity index (χ0n) is 11.9. The van der Waals surface area contributed by atoms with Gasteiger partial charge in [0.05, 0.1) is 18.0 Å². The number of hydrogen-bond acceptors (Lipinski definition) is 2. The number of ether oxygens (including phenoxy) is 1. The number of methoxy groups -OCH3 is 1. The van der Waals surface area contributed by atoms with Crippen molar-refractivity contribution < 1.29 is 14.6 Å². The van der Waals surface area contributed by atoms with Crippen molar-refractivity contribution in [1.82, 2.24) is 4.57 Å². The van der Waals surface area contributed by atoms with Gasteiger partial charge in [-0.2, -0.15) is 0 Å². The molecule has 4 heteroatoms. The molecule has 0 saturated carbocycles. The van der Waals surface area contributed by atoms with Gasteiger partial charge in [0, 0.05) is 18.6 Å². The summed E-state index contributed by atoms with van der Waals surface area (Å²) in [6, 6.07) is 3.87. The van der Waals surface area contributed by atoms with Crippen molar-refractivity contribution in [3.8, 4) is 5.75 Å². The summed E-state index contributed by atoms with van der Waals surface area (Å²) in [5.74, 6) is -0.0715. The summed E-state index contributed by atoms with van der Waals surface area (Å²) >= 11 is 0. The van der Waals surface area contributed by atoms with E-state index >= 15 is 0 Å². The molecule has 4 nitrogen and oxygen atoms in total. The molecule has 0 spiro atoms. The van der Waals surface area contributed by atoms with Crippen LogP contribution in [0, 0.1) is 6.92 Å². The Morgan fingerprint density at radius 1 is 1.37 bits per heavy atom. The van der Waals surface area contributed by atoms with Crippen molar-refractivity contribution in [2.45, 2.75) is 26.2 Å². The third-order valence-corrected chi connectivity index (χ3v) is 3.72. The lowest BCUT2D eigenvalue weighted by Gasteiger charge is -2.19. The van der Waals surface area contributed by atoms with Crippen molar-refractivity contribution in [2.75, 3.05) is 7.11 Å². The van der Waals surface area contributed by atoms with Crippen LogP contribution in [0.25, 0.3) is 10.9 Å². The lowest BCUT2D eigenvalue weighted by molar-refractivity contribution is -0.142. The molecule has 102 valence electrons. The minimum Gasteiger partial charge on any atom is -0.495 e. The number of rotatable bonds is 3. The number of fused-ring (bicyclic) bond motifs is 1. The van der Waals surface area contributed by atoms with E-state index in [1.165, 1.54) is 0 Å². The van der Waals surface area contributed by atoms with Gasteiger partial charge in [-0.05, 0) is 38.0 Å². The molecule has 0 fully saturated rings. The second-order valence-electron chi connectivity index (χ2n) is 5.39. The highest BCUT2D eigenvalue weighted by molar-refractivity contribution is 5.96. The Hall–Kier alpha value is -1.97. The molecule has 2 aromatic rings. The maximum absolute atomic E-state index is 11.5. The van der Waals surface area contributed by atoms with Crippen LogP contribution in [-0.4, -0.2) is 22.8 Å². The van der Waals surface area contributed by atoms with Crippen LogP contribution in [0.5, 0.6) is 5.75 Å². The summed E-state index contributed by atoms with van der Waals surface area (Å²) < 4.78 is 7.31. The molecule has 0 radical (unpaired) electrons. The Labute approximate surface area is 112 Å².